The fourth-order valence-corrected chi connectivity index (χ4v) is 2.50. The van der Waals surface area contributed by atoms with Crippen LogP contribution in [0.1, 0.15) is 0 Å². The first-order valence-corrected chi connectivity index (χ1v) is 10.5. The van der Waals surface area contributed by atoms with Crippen LogP contribution in [0.2, 0.25) is 0 Å². The van der Waals surface area contributed by atoms with Gasteiger partial charge in [-0.25, -0.2) is 9.13 Å². The second-order valence-corrected chi connectivity index (χ2v) is 10.9. The average molecular weight is 344 g/mol. The summed E-state index contributed by atoms with van der Waals surface area (Å²) in [6.45, 7) is 0. The van der Waals surface area contributed by atoms with Gasteiger partial charge in [0.15, 0.2) is 0 Å². The van der Waals surface area contributed by atoms with Crippen LogP contribution in [-0.4, -0.2) is 0 Å². The van der Waals surface area contributed by atoms with Crippen molar-refractivity contribution in [2.45, 2.75) is 0 Å². The highest BCUT2D eigenvalue weighted by Gasteiger charge is 2.18. The van der Waals surface area contributed by atoms with E-state index in [4.69, 9.17) is 45.0 Å². The molecule has 90 valence electrons. The number of rotatable bonds is 4. The number of halogens is 4. The van der Waals surface area contributed by atoms with E-state index in [0.29, 0.717) is 0 Å². The fourth-order valence-electron chi connectivity index (χ4n) is 0.807. The Bertz CT molecular complexity index is 407. The summed E-state index contributed by atoms with van der Waals surface area (Å²) in [7, 11) is 0. The Balaban J connectivity index is 2.76. The molecule has 0 saturated carbocycles. The summed E-state index contributed by atoms with van der Waals surface area (Å²) in [5, 5.41) is 0. The van der Waals surface area contributed by atoms with Crippen molar-refractivity contribution in [1.82, 2.24) is 0 Å². The second-order valence-electron chi connectivity index (χ2n) is 2.48. The molecule has 0 radical (unpaired) electrons. The van der Waals surface area contributed by atoms with Crippen LogP contribution in [0.4, 0.5) is 0 Å². The van der Waals surface area contributed by atoms with Crippen molar-refractivity contribution in [3.8, 4) is 11.5 Å². The Labute approximate surface area is 111 Å². The minimum atomic E-state index is -3.65. The lowest BCUT2D eigenvalue weighted by molar-refractivity contribution is 0.505. The van der Waals surface area contributed by atoms with E-state index in [1.54, 1.807) is 0 Å². The quantitative estimate of drug-likeness (QED) is 0.666. The van der Waals surface area contributed by atoms with E-state index >= 15 is 0 Å². The van der Waals surface area contributed by atoms with Crippen LogP contribution in [-0.2, 0) is 9.13 Å². The molecule has 0 aromatic heterocycles. The first-order chi connectivity index (χ1) is 7.16. The van der Waals surface area contributed by atoms with Gasteiger partial charge in [0.05, 0.1) is 0 Å². The fraction of sp³-hybridized carbons (Fsp3) is 0. The average Bonchev–Trinajstić information content (AvgIpc) is 2.03. The van der Waals surface area contributed by atoms with Crippen molar-refractivity contribution >= 4 is 57.1 Å². The smallest absolute Gasteiger partial charge is 0.422 e. The van der Waals surface area contributed by atoms with Crippen molar-refractivity contribution in [2.24, 2.45) is 0 Å². The zero-order chi connectivity index (χ0) is 12.4. The van der Waals surface area contributed by atoms with E-state index in [2.05, 4.69) is 9.05 Å². The van der Waals surface area contributed by atoms with Gasteiger partial charge in [0.2, 0.25) is 0 Å². The van der Waals surface area contributed by atoms with Crippen molar-refractivity contribution in [2.75, 3.05) is 0 Å². The van der Waals surface area contributed by atoms with Gasteiger partial charge in [-0.15, -0.1) is 0 Å². The van der Waals surface area contributed by atoms with Crippen LogP contribution >= 0.6 is 57.1 Å². The van der Waals surface area contributed by atoms with E-state index < -0.39 is 12.1 Å². The van der Waals surface area contributed by atoms with Crippen LogP contribution in [0.3, 0.4) is 0 Å². The van der Waals surface area contributed by atoms with Gasteiger partial charge < -0.3 is 9.05 Å². The Kier molecular flexibility index (Phi) is 4.88. The molecule has 0 heterocycles. The molecule has 1 aromatic rings. The monoisotopic (exact) mass is 342 g/mol. The lowest BCUT2D eigenvalue weighted by Crippen LogP contribution is -1.84. The maximum Gasteiger partial charge on any atom is 0.428 e. The molecule has 0 unspecified atom stereocenters. The van der Waals surface area contributed by atoms with Crippen LogP contribution in [0.15, 0.2) is 24.3 Å². The molecule has 0 aliphatic rings. The Morgan fingerprint density at radius 1 is 0.750 bits per heavy atom. The van der Waals surface area contributed by atoms with Gasteiger partial charge in [-0.1, -0.05) is 0 Å². The molecule has 0 amide bonds. The SMILES string of the molecule is O=P(Cl)(Cl)Oc1ccc(OP(=O)(Cl)Cl)cc1. The molecule has 1 aromatic carbocycles. The minimum Gasteiger partial charge on any atom is -0.422 e. The van der Waals surface area contributed by atoms with Gasteiger partial charge in [0.1, 0.15) is 11.5 Å². The number of hydrogen-bond donors (Lipinski definition) is 0. The molecule has 16 heavy (non-hydrogen) atoms. The maximum absolute atomic E-state index is 10.9. The van der Waals surface area contributed by atoms with Crippen LogP contribution < -0.4 is 9.05 Å². The third-order valence-electron chi connectivity index (χ3n) is 1.25. The van der Waals surface area contributed by atoms with Crippen LogP contribution in [0.25, 0.3) is 0 Å². The third-order valence-corrected chi connectivity index (χ3v) is 2.92. The molecule has 1 rings (SSSR count). The minimum absolute atomic E-state index is 0.166. The lowest BCUT2D eigenvalue weighted by atomic mass is 10.3. The van der Waals surface area contributed by atoms with E-state index in [1.807, 2.05) is 0 Å². The summed E-state index contributed by atoms with van der Waals surface area (Å²) in [6.07, 6.45) is -7.29. The summed E-state index contributed by atoms with van der Waals surface area (Å²) in [4.78, 5) is 0. The van der Waals surface area contributed by atoms with Gasteiger partial charge in [-0.3, -0.25) is 0 Å². The Morgan fingerprint density at radius 3 is 1.19 bits per heavy atom. The van der Waals surface area contributed by atoms with E-state index in [0.717, 1.165) is 0 Å². The second kappa shape index (κ2) is 5.39. The standard InChI is InChI=1S/C6H4Cl4O4P2/c7-15(8,11)13-5-1-2-6(4-3-5)14-16(9,10)12/h1-4H. The van der Waals surface area contributed by atoms with Gasteiger partial charge in [0, 0.05) is 45.0 Å². The highest BCUT2D eigenvalue weighted by Crippen LogP contribution is 2.58. The van der Waals surface area contributed by atoms with Crippen LogP contribution in [0, 0.1) is 0 Å². The Morgan fingerprint density at radius 2 is 1.00 bits per heavy atom. The number of benzene rings is 1. The first-order valence-electron chi connectivity index (χ1n) is 3.64. The number of hydrogen-bond acceptors (Lipinski definition) is 4. The molecular formula is C6H4Cl4O4P2. The molecule has 0 N–H and O–H groups in total. The van der Waals surface area contributed by atoms with Gasteiger partial charge >= 0.3 is 12.1 Å². The van der Waals surface area contributed by atoms with E-state index in [1.165, 1.54) is 24.3 Å². The summed E-state index contributed by atoms with van der Waals surface area (Å²) in [6, 6.07) is 5.43. The van der Waals surface area contributed by atoms with Crippen molar-refractivity contribution in [1.29, 1.82) is 0 Å². The van der Waals surface area contributed by atoms with Crippen LogP contribution in [0.5, 0.6) is 11.5 Å². The first kappa shape index (κ1) is 14.5. The molecule has 0 fully saturated rings. The van der Waals surface area contributed by atoms with Crippen molar-refractivity contribution < 1.29 is 18.2 Å². The van der Waals surface area contributed by atoms with Gasteiger partial charge in [0.25, 0.3) is 0 Å². The molecule has 0 saturated heterocycles. The normalized spacial score (nSPS) is 12.2. The van der Waals surface area contributed by atoms with E-state index in [-0.39, 0.29) is 11.5 Å². The predicted molar refractivity (Wildman–Crippen MR) is 66.3 cm³/mol. The zero-order valence-corrected chi connectivity index (χ0v) is 12.2. The largest absolute Gasteiger partial charge is 0.428 e. The van der Waals surface area contributed by atoms with Gasteiger partial charge in [-0.2, -0.15) is 0 Å². The summed E-state index contributed by atoms with van der Waals surface area (Å²) in [5.41, 5.74) is 0. The molecule has 0 spiro atoms. The van der Waals surface area contributed by atoms with E-state index in [9.17, 15) is 9.13 Å². The molecule has 0 aliphatic heterocycles. The maximum atomic E-state index is 10.9. The molecule has 0 bridgehead atoms. The molecule has 10 heteroatoms. The molecule has 0 aliphatic carbocycles. The summed E-state index contributed by atoms with van der Waals surface area (Å²) < 4.78 is 31.1. The Hall–Kier alpha value is 0.440. The molecular weight excluding hydrogens is 340 g/mol. The van der Waals surface area contributed by atoms with Crippen molar-refractivity contribution in [3.63, 3.8) is 0 Å². The zero-order valence-electron chi connectivity index (χ0n) is 7.35. The van der Waals surface area contributed by atoms with Crippen molar-refractivity contribution in [3.05, 3.63) is 24.3 Å². The summed E-state index contributed by atoms with van der Waals surface area (Å²) in [5.74, 6) is 0.333. The molecule has 4 nitrogen and oxygen atoms in total. The highest BCUT2D eigenvalue weighted by atomic mass is 35.9. The summed E-state index contributed by atoms with van der Waals surface area (Å²) >= 11 is 20.8. The predicted octanol–water partition coefficient (Wildman–Crippen LogP) is 5.62. The molecule has 0 atom stereocenters. The third kappa shape index (κ3) is 6.24. The lowest BCUT2D eigenvalue weighted by Gasteiger charge is -2.08. The topological polar surface area (TPSA) is 52.6 Å². The van der Waals surface area contributed by atoms with Gasteiger partial charge in [-0.05, 0) is 24.3 Å². The highest BCUT2D eigenvalue weighted by molar-refractivity contribution is 8.05.